The number of rotatable bonds is 2. The molecule has 0 radical (unpaired) electrons. The molecule has 1 aliphatic heterocycles. The second-order valence-corrected chi connectivity index (χ2v) is 6.23. The molecule has 4 heteroatoms. The van der Waals surface area contributed by atoms with E-state index in [2.05, 4.69) is 34.9 Å². The van der Waals surface area contributed by atoms with Crippen molar-refractivity contribution in [2.75, 3.05) is 5.32 Å². The molecule has 0 saturated heterocycles. The smallest absolute Gasteiger partial charge is 0.241 e. The van der Waals surface area contributed by atoms with E-state index < -0.39 is 0 Å². The Morgan fingerprint density at radius 1 is 1.00 bits per heavy atom. The highest BCUT2D eigenvalue weighted by Crippen LogP contribution is 2.25. The van der Waals surface area contributed by atoms with Crippen LogP contribution in [0.15, 0.2) is 42.5 Å². The molecule has 1 unspecified atom stereocenters. The molecule has 0 saturated carbocycles. The Hall–Kier alpha value is -1.84. The Morgan fingerprint density at radius 2 is 1.78 bits per heavy atom. The van der Waals surface area contributed by atoms with Gasteiger partial charge in [0.2, 0.25) is 5.91 Å². The van der Waals surface area contributed by atoms with Crippen molar-refractivity contribution in [3.05, 3.63) is 64.7 Å². The first-order valence-corrected chi connectivity index (χ1v) is 8.02. The van der Waals surface area contributed by atoms with Crippen molar-refractivity contribution in [1.82, 2.24) is 5.32 Å². The van der Waals surface area contributed by atoms with Crippen LogP contribution in [0, 0.1) is 0 Å². The van der Waals surface area contributed by atoms with Crippen LogP contribution in [0.3, 0.4) is 0 Å². The van der Waals surface area contributed by atoms with Crippen LogP contribution in [0.1, 0.15) is 28.7 Å². The largest absolute Gasteiger partial charge is 0.325 e. The summed E-state index contributed by atoms with van der Waals surface area (Å²) >= 11 is 0. The van der Waals surface area contributed by atoms with Gasteiger partial charge in [0.05, 0.1) is 6.04 Å². The third kappa shape index (κ3) is 3.26. The summed E-state index contributed by atoms with van der Waals surface area (Å²) in [5.41, 5.74) is 6.31. The highest BCUT2D eigenvalue weighted by Gasteiger charge is 2.24. The summed E-state index contributed by atoms with van der Waals surface area (Å²) in [6, 6.07) is 14.5. The van der Waals surface area contributed by atoms with Gasteiger partial charge in [-0.3, -0.25) is 4.79 Å². The maximum Gasteiger partial charge on any atom is 0.241 e. The third-order valence-electron chi connectivity index (χ3n) is 4.76. The van der Waals surface area contributed by atoms with Gasteiger partial charge in [-0.2, -0.15) is 0 Å². The molecular weight excluding hydrogens is 308 g/mol. The highest BCUT2D eigenvalue weighted by atomic mass is 35.5. The van der Waals surface area contributed by atoms with Crippen LogP contribution in [0.4, 0.5) is 5.69 Å². The van der Waals surface area contributed by atoms with E-state index in [1.54, 1.807) is 0 Å². The van der Waals surface area contributed by atoms with Gasteiger partial charge in [-0.25, -0.2) is 0 Å². The van der Waals surface area contributed by atoms with Gasteiger partial charge in [0, 0.05) is 12.2 Å². The van der Waals surface area contributed by atoms with E-state index >= 15 is 0 Å². The van der Waals surface area contributed by atoms with E-state index in [9.17, 15) is 4.79 Å². The average Bonchev–Trinajstić information content (AvgIpc) is 3.02. The zero-order valence-electron chi connectivity index (χ0n) is 13.0. The number of carbonyl (C=O) groups excluding carboxylic acids is 1. The van der Waals surface area contributed by atoms with Gasteiger partial charge >= 0.3 is 0 Å². The van der Waals surface area contributed by atoms with Gasteiger partial charge in [0.15, 0.2) is 0 Å². The fraction of sp³-hybridized carbons (Fsp3) is 0.316. The number of fused-ring (bicyclic) bond motifs is 2. The molecule has 4 rings (SSSR count). The summed E-state index contributed by atoms with van der Waals surface area (Å²) in [6.07, 6.45) is 4.29. The van der Waals surface area contributed by atoms with Crippen molar-refractivity contribution < 1.29 is 4.79 Å². The van der Waals surface area contributed by atoms with Gasteiger partial charge in [-0.15, -0.1) is 12.4 Å². The van der Waals surface area contributed by atoms with Crippen molar-refractivity contribution in [2.24, 2.45) is 0 Å². The fourth-order valence-corrected chi connectivity index (χ4v) is 3.52. The molecule has 1 aliphatic carbocycles. The second-order valence-electron chi connectivity index (χ2n) is 6.23. The molecule has 1 heterocycles. The predicted octanol–water partition coefficient (Wildman–Crippen LogP) is 3.25. The first-order chi connectivity index (χ1) is 10.8. The summed E-state index contributed by atoms with van der Waals surface area (Å²) in [7, 11) is 0. The van der Waals surface area contributed by atoms with E-state index in [1.807, 2.05) is 18.2 Å². The second kappa shape index (κ2) is 6.73. The van der Waals surface area contributed by atoms with Crippen molar-refractivity contribution in [3.8, 4) is 0 Å². The zero-order valence-corrected chi connectivity index (χ0v) is 13.8. The number of amides is 1. The molecule has 23 heavy (non-hydrogen) atoms. The zero-order chi connectivity index (χ0) is 14.9. The lowest BCUT2D eigenvalue weighted by molar-refractivity contribution is -0.118. The average molecular weight is 329 g/mol. The Morgan fingerprint density at radius 3 is 2.65 bits per heavy atom. The van der Waals surface area contributed by atoms with Crippen molar-refractivity contribution in [3.63, 3.8) is 0 Å². The van der Waals surface area contributed by atoms with Crippen LogP contribution < -0.4 is 10.6 Å². The molecule has 2 aromatic rings. The maximum atomic E-state index is 12.5. The lowest BCUT2D eigenvalue weighted by atomic mass is 9.95. The summed E-state index contributed by atoms with van der Waals surface area (Å²) < 4.78 is 0. The lowest BCUT2D eigenvalue weighted by Crippen LogP contribution is -2.44. The third-order valence-corrected chi connectivity index (χ3v) is 4.76. The Labute approximate surface area is 142 Å². The van der Waals surface area contributed by atoms with E-state index in [-0.39, 0.29) is 24.4 Å². The number of hydrogen-bond acceptors (Lipinski definition) is 2. The SMILES string of the molecule is Cl.O=C(Nc1ccc2c(c1)CCC2)C1Cc2ccccc2CN1. The van der Waals surface area contributed by atoms with E-state index in [0.29, 0.717) is 0 Å². The number of nitrogens with one attached hydrogen (secondary N) is 2. The van der Waals surface area contributed by atoms with Crippen molar-refractivity contribution in [2.45, 2.75) is 38.3 Å². The number of halogens is 1. The Kier molecular flexibility index (Phi) is 4.69. The summed E-state index contributed by atoms with van der Waals surface area (Å²) in [4.78, 5) is 12.5. The molecule has 120 valence electrons. The number of anilines is 1. The number of benzene rings is 2. The fourth-order valence-electron chi connectivity index (χ4n) is 3.52. The lowest BCUT2D eigenvalue weighted by Gasteiger charge is -2.25. The molecule has 0 fully saturated rings. The van der Waals surface area contributed by atoms with Gasteiger partial charge in [-0.05, 0) is 60.1 Å². The number of carbonyl (C=O) groups is 1. The maximum absolute atomic E-state index is 12.5. The molecule has 2 aliphatic rings. The number of hydrogen-bond donors (Lipinski definition) is 2. The van der Waals surface area contributed by atoms with Crippen LogP contribution in [-0.4, -0.2) is 11.9 Å². The summed E-state index contributed by atoms with van der Waals surface area (Å²) in [5.74, 6) is 0.0625. The molecule has 1 amide bonds. The summed E-state index contributed by atoms with van der Waals surface area (Å²) in [5, 5.41) is 6.41. The molecule has 0 spiro atoms. The van der Waals surface area contributed by atoms with Crippen LogP contribution in [-0.2, 0) is 30.6 Å². The first-order valence-electron chi connectivity index (χ1n) is 8.02. The molecule has 0 bridgehead atoms. The Bertz CT molecular complexity index is 729. The number of aryl methyl sites for hydroxylation is 2. The molecule has 3 nitrogen and oxygen atoms in total. The van der Waals surface area contributed by atoms with Crippen molar-refractivity contribution in [1.29, 1.82) is 0 Å². The molecule has 2 aromatic carbocycles. The quantitative estimate of drug-likeness (QED) is 0.888. The van der Waals surface area contributed by atoms with Crippen molar-refractivity contribution >= 4 is 24.0 Å². The van der Waals surface area contributed by atoms with Crippen LogP contribution in [0.25, 0.3) is 0 Å². The minimum atomic E-state index is -0.150. The standard InChI is InChI=1S/C19H20N2O.ClH/c22-19(18-11-15-4-1-2-5-16(15)12-20-18)21-17-9-8-13-6-3-7-14(13)10-17;/h1-2,4-5,8-10,18,20H,3,6-7,11-12H2,(H,21,22);1H. The minimum Gasteiger partial charge on any atom is -0.325 e. The Balaban J connectivity index is 0.00000156. The van der Waals surface area contributed by atoms with E-state index in [0.717, 1.165) is 25.1 Å². The van der Waals surface area contributed by atoms with Crippen LogP contribution >= 0.6 is 12.4 Å². The van der Waals surface area contributed by atoms with Gasteiger partial charge in [0.1, 0.15) is 0 Å². The molecule has 1 atom stereocenters. The van der Waals surface area contributed by atoms with E-state index in [1.165, 1.54) is 35.1 Å². The molecular formula is C19H21ClN2O. The van der Waals surface area contributed by atoms with Crippen LogP contribution in [0.5, 0.6) is 0 Å². The monoisotopic (exact) mass is 328 g/mol. The topological polar surface area (TPSA) is 41.1 Å². The summed E-state index contributed by atoms with van der Waals surface area (Å²) in [6.45, 7) is 0.762. The van der Waals surface area contributed by atoms with Crippen LogP contribution in [0.2, 0.25) is 0 Å². The van der Waals surface area contributed by atoms with Gasteiger partial charge in [0.25, 0.3) is 0 Å². The van der Waals surface area contributed by atoms with E-state index in [4.69, 9.17) is 0 Å². The predicted molar refractivity (Wildman–Crippen MR) is 95.1 cm³/mol. The van der Waals surface area contributed by atoms with Gasteiger partial charge in [-0.1, -0.05) is 30.3 Å². The highest BCUT2D eigenvalue weighted by molar-refractivity contribution is 5.95. The molecule has 0 aromatic heterocycles. The minimum absolute atomic E-state index is 0. The normalized spacial score (nSPS) is 18.5. The van der Waals surface area contributed by atoms with Gasteiger partial charge < -0.3 is 10.6 Å². The molecule has 2 N–H and O–H groups in total. The first kappa shape index (κ1) is 16.0.